The molecule has 0 aliphatic rings. The largest absolute Gasteiger partial charge is 0.356 e. The van der Waals surface area contributed by atoms with E-state index in [1.165, 1.54) is 154 Å². The first kappa shape index (κ1) is 43.4. The van der Waals surface area contributed by atoms with Crippen LogP contribution in [0.15, 0.2) is 48.6 Å². The summed E-state index contributed by atoms with van der Waals surface area (Å²) in [5.41, 5.74) is 5.54. The fourth-order valence-corrected chi connectivity index (χ4v) is 5.91. The summed E-state index contributed by atoms with van der Waals surface area (Å²) in [5.74, 6) is 0.860. The van der Waals surface area contributed by atoms with E-state index >= 15 is 0 Å². The molecule has 0 aromatic rings. The molecule has 0 aromatic heterocycles. The average Bonchev–Trinajstić information content (AvgIpc) is 3.04. The van der Waals surface area contributed by atoms with Gasteiger partial charge < -0.3 is 11.1 Å². The van der Waals surface area contributed by atoms with Gasteiger partial charge in [-0.15, -0.1) is 0 Å². The lowest BCUT2D eigenvalue weighted by atomic mass is 9.91. The first-order chi connectivity index (χ1) is 22.2. The molecule has 45 heavy (non-hydrogen) atoms. The fourth-order valence-electron chi connectivity index (χ4n) is 5.91. The maximum Gasteiger partial charge on any atom is 0.221 e. The molecule has 0 spiro atoms. The van der Waals surface area contributed by atoms with Gasteiger partial charge in [0.1, 0.15) is 0 Å². The van der Waals surface area contributed by atoms with Gasteiger partial charge in [-0.1, -0.05) is 165 Å². The molecule has 3 heteroatoms. The predicted molar refractivity (Wildman–Crippen MR) is 203 cm³/mol. The van der Waals surface area contributed by atoms with Crippen molar-refractivity contribution >= 4 is 5.91 Å². The molecule has 0 heterocycles. The van der Waals surface area contributed by atoms with Crippen molar-refractivity contribution < 1.29 is 4.79 Å². The standard InChI is InChI=1S/C42H78N2O/c1-3-5-7-9-11-13-15-17-19-21-23-25-27-29-31-33-35-41(38-40-44-42(45)37-39-43)36-34-32-30-28-26-24-22-20-18-16-14-12-10-8-6-4-2/h11-14,17-20,41H,3-10,15-16,21-40,43H2,1-2H3,(H,44,45)/b13-11-,14-12-,19-17-,20-18-. The highest BCUT2D eigenvalue weighted by atomic mass is 16.1. The van der Waals surface area contributed by atoms with Gasteiger partial charge >= 0.3 is 0 Å². The molecule has 0 rings (SSSR count). The van der Waals surface area contributed by atoms with Crippen LogP contribution in [-0.4, -0.2) is 19.0 Å². The zero-order chi connectivity index (χ0) is 32.7. The highest BCUT2D eigenvalue weighted by molar-refractivity contribution is 5.75. The number of nitrogens with one attached hydrogen (secondary N) is 1. The molecule has 0 radical (unpaired) electrons. The predicted octanol–water partition coefficient (Wildman–Crippen LogP) is 12.9. The Balaban J connectivity index is 3.92. The summed E-state index contributed by atoms with van der Waals surface area (Å²) in [6, 6.07) is 0. The quantitative estimate of drug-likeness (QED) is 0.0543. The molecule has 0 saturated heterocycles. The van der Waals surface area contributed by atoms with Gasteiger partial charge in [-0.3, -0.25) is 4.79 Å². The highest BCUT2D eigenvalue weighted by Gasteiger charge is 2.10. The Morgan fingerprint density at radius 2 is 0.889 bits per heavy atom. The normalized spacial score (nSPS) is 12.3. The van der Waals surface area contributed by atoms with Crippen molar-refractivity contribution in [3.05, 3.63) is 48.6 Å². The van der Waals surface area contributed by atoms with Crippen molar-refractivity contribution in [1.82, 2.24) is 5.32 Å². The van der Waals surface area contributed by atoms with Gasteiger partial charge in [-0.05, 0) is 76.5 Å². The summed E-state index contributed by atoms with van der Waals surface area (Å²) in [7, 11) is 0. The second-order valence-corrected chi connectivity index (χ2v) is 13.3. The summed E-state index contributed by atoms with van der Waals surface area (Å²) in [6.07, 6.45) is 54.4. The zero-order valence-corrected chi connectivity index (χ0v) is 30.4. The van der Waals surface area contributed by atoms with E-state index in [0.29, 0.717) is 13.0 Å². The van der Waals surface area contributed by atoms with Gasteiger partial charge in [0.15, 0.2) is 0 Å². The van der Waals surface area contributed by atoms with Gasteiger partial charge in [0, 0.05) is 19.5 Å². The molecule has 0 aliphatic carbocycles. The molecule has 3 N–H and O–H groups in total. The van der Waals surface area contributed by atoms with Crippen LogP contribution in [0.1, 0.15) is 194 Å². The van der Waals surface area contributed by atoms with E-state index in [9.17, 15) is 4.79 Å². The number of allylic oxidation sites excluding steroid dienone is 8. The smallest absolute Gasteiger partial charge is 0.221 e. The summed E-state index contributed by atoms with van der Waals surface area (Å²) in [5, 5.41) is 3.09. The van der Waals surface area contributed by atoms with Crippen LogP contribution in [0.4, 0.5) is 0 Å². The SMILES string of the molecule is CCCCC/C=C\C/C=C\CCCCCCCCC(CCCCCCCC/C=C\C/C=C\CCCCC)CCNC(=O)CCN. The first-order valence-corrected chi connectivity index (χ1v) is 19.8. The lowest BCUT2D eigenvalue weighted by Crippen LogP contribution is -2.27. The Labute approximate surface area is 282 Å². The summed E-state index contributed by atoms with van der Waals surface area (Å²) < 4.78 is 0. The van der Waals surface area contributed by atoms with Crippen molar-refractivity contribution in [2.75, 3.05) is 13.1 Å². The lowest BCUT2D eigenvalue weighted by molar-refractivity contribution is -0.120. The minimum atomic E-state index is 0.110. The maximum absolute atomic E-state index is 11.9. The first-order valence-electron chi connectivity index (χ1n) is 19.8. The van der Waals surface area contributed by atoms with E-state index in [1.54, 1.807) is 0 Å². The van der Waals surface area contributed by atoms with Crippen LogP contribution in [0, 0.1) is 5.92 Å². The van der Waals surface area contributed by atoms with Crippen LogP contribution in [0.5, 0.6) is 0 Å². The Kier molecular flexibility index (Phi) is 37.2. The third kappa shape index (κ3) is 36.7. The van der Waals surface area contributed by atoms with Gasteiger partial charge in [-0.25, -0.2) is 0 Å². The molecular weight excluding hydrogens is 548 g/mol. The Morgan fingerprint density at radius 3 is 1.29 bits per heavy atom. The number of nitrogens with two attached hydrogens (primary N) is 1. The number of carbonyl (C=O) groups excluding carboxylic acids is 1. The maximum atomic E-state index is 11.9. The molecular formula is C42H78N2O. The molecule has 0 aliphatic heterocycles. The van der Waals surface area contributed by atoms with E-state index < -0.39 is 0 Å². The van der Waals surface area contributed by atoms with E-state index in [1.807, 2.05) is 0 Å². The number of rotatable bonds is 35. The minimum absolute atomic E-state index is 0.110. The van der Waals surface area contributed by atoms with Crippen molar-refractivity contribution in [1.29, 1.82) is 0 Å². The number of carbonyl (C=O) groups is 1. The third-order valence-electron chi connectivity index (χ3n) is 8.87. The highest BCUT2D eigenvalue weighted by Crippen LogP contribution is 2.22. The van der Waals surface area contributed by atoms with Crippen molar-refractivity contribution in [3.8, 4) is 0 Å². The summed E-state index contributed by atoms with van der Waals surface area (Å²) in [4.78, 5) is 11.9. The van der Waals surface area contributed by atoms with E-state index in [-0.39, 0.29) is 5.91 Å². The van der Waals surface area contributed by atoms with Crippen LogP contribution >= 0.6 is 0 Å². The summed E-state index contributed by atoms with van der Waals surface area (Å²) in [6.45, 7) is 5.78. The molecule has 3 nitrogen and oxygen atoms in total. The van der Waals surface area contributed by atoms with Crippen LogP contribution in [-0.2, 0) is 4.79 Å². The van der Waals surface area contributed by atoms with E-state index in [0.717, 1.165) is 31.7 Å². The third-order valence-corrected chi connectivity index (χ3v) is 8.87. The van der Waals surface area contributed by atoms with Crippen molar-refractivity contribution in [3.63, 3.8) is 0 Å². The van der Waals surface area contributed by atoms with Gasteiger partial charge in [0.2, 0.25) is 5.91 Å². The monoisotopic (exact) mass is 627 g/mol. The molecule has 262 valence electrons. The van der Waals surface area contributed by atoms with Crippen molar-refractivity contribution in [2.45, 2.75) is 194 Å². The Morgan fingerprint density at radius 1 is 0.511 bits per heavy atom. The summed E-state index contributed by atoms with van der Waals surface area (Å²) >= 11 is 0. The van der Waals surface area contributed by atoms with E-state index in [2.05, 4.69) is 67.8 Å². The minimum Gasteiger partial charge on any atom is -0.356 e. The Hall–Kier alpha value is -1.61. The molecule has 0 bridgehead atoms. The van der Waals surface area contributed by atoms with Gasteiger partial charge in [0.25, 0.3) is 0 Å². The van der Waals surface area contributed by atoms with Crippen LogP contribution in [0.25, 0.3) is 0 Å². The molecule has 1 amide bonds. The second kappa shape index (κ2) is 38.6. The molecule has 0 saturated carbocycles. The van der Waals surface area contributed by atoms with Crippen LogP contribution in [0.3, 0.4) is 0 Å². The molecule has 0 aromatic carbocycles. The van der Waals surface area contributed by atoms with Crippen LogP contribution < -0.4 is 11.1 Å². The number of amides is 1. The number of hydrogen-bond donors (Lipinski definition) is 2. The fraction of sp³-hybridized carbons (Fsp3) is 0.786. The van der Waals surface area contributed by atoms with E-state index in [4.69, 9.17) is 5.73 Å². The van der Waals surface area contributed by atoms with Crippen LogP contribution in [0.2, 0.25) is 0 Å². The van der Waals surface area contributed by atoms with Gasteiger partial charge in [0.05, 0.1) is 0 Å². The number of unbranched alkanes of at least 4 members (excludes halogenated alkanes) is 18. The molecule has 0 fully saturated rings. The average molecular weight is 627 g/mol. The lowest BCUT2D eigenvalue weighted by Gasteiger charge is -2.17. The zero-order valence-electron chi connectivity index (χ0n) is 30.4. The molecule has 0 atom stereocenters. The number of hydrogen-bond acceptors (Lipinski definition) is 2. The van der Waals surface area contributed by atoms with Crippen molar-refractivity contribution in [2.24, 2.45) is 11.7 Å². The topological polar surface area (TPSA) is 55.1 Å². The second-order valence-electron chi connectivity index (χ2n) is 13.3. The molecule has 0 unspecified atom stereocenters. The van der Waals surface area contributed by atoms with Gasteiger partial charge in [-0.2, -0.15) is 0 Å². The Bertz CT molecular complexity index is 659.